The van der Waals surface area contributed by atoms with Crippen molar-refractivity contribution in [2.24, 2.45) is 0 Å². The fraction of sp³-hybridized carbons (Fsp3) is 0.333. The van der Waals surface area contributed by atoms with Crippen molar-refractivity contribution >= 4 is 28.1 Å². The van der Waals surface area contributed by atoms with Crippen LogP contribution in [0, 0.1) is 0 Å². The lowest BCUT2D eigenvalue weighted by Crippen LogP contribution is -2.00. The molecule has 1 aromatic rings. The molecule has 0 saturated heterocycles. The highest BCUT2D eigenvalue weighted by molar-refractivity contribution is 7.85. The van der Waals surface area contributed by atoms with Gasteiger partial charge in [-0.15, -0.1) is 0 Å². The van der Waals surface area contributed by atoms with Crippen molar-refractivity contribution in [2.45, 2.75) is 18.2 Å². The molecule has 4 heteroatoms. The molecule has 0 fully saturated rings. The summed E-state index contributed by atoms with van der Waals surface area (Å²) in [5.41, 5.74) is 6.19. The normalized spacial score (nSPS) is 12.8. The molecule has 0 heterocycles. The minimum atomic E-state index is -0.987. The predicted octanol–water partition coefficient (Wildman–Crippen LogP) is 2.44. The molecular weight excluding hydrogens is 206 g/mol. The first-order chi connectivity index (χ1) is 6.15. The molecule has 2 N–H and O–H groups in total. The van der Waals surface area contributed by atoms with Gasteiger partial charge in [0.25, 0.3) is 0 Å². The minimum absolute atomic E-state index is 0.513. The molecule has 0 spiro atoms. The van der Waals surface area contributed by atoms with E-state index >= 15 is 0 Å². The van der Waals surface area contributed by atoms with E-state index in [1.165, 1.54) is 0 Å². The molecule has 0 aliphatic rings. The van der Waals surface area contributed by atoms with E-state index in [1.807, 2.05) is 6.92 Å². The smallest absolute Gasteiger partial charge is 0.0618 e. The van der Waals surface area contributed by atoms with Crippen LogP contribution >= 0.6 is 11.6 Å². The molecule has 1 rings (SSSR count). The van der Waals surface area contributed by atoms with Gasteiger partial charge in [0.2, 0.25) is 0 Å². The van der Waals surface area contributed by atoms with Crippen molar-refractivity contribution in [1.82, 2.24) is 0 Å². The third-order valence-corrected chi connectivity index (χ3v) is 3.48. The lowest BCUT2D eigenvalue weighted by molar-refractivity contribution is 0.682. The van der Waals surface area contributed by atoms with Gasteiger partial charge in [-0.3, -0.25) is 4.21 Å². The second-order valence-electron chi connectivity index (χ2n) is 2.73. The summed E-state index contributed by atoms with van der Waals surface area (Å²) >= 11 is 5.72. The standard InChI is InChI=1S/C9H12ClNOS/c1-2-5-13(12)9-4-3-7(10)6-8(9)11/h3-4,6H,2,5,11H2,1H3. The van der Waals surface area contributed by atoms with Gasteiger partial charge in [-0.2, -0.15) is 0 Å². The quantitative estimate of drug-likeness (QED) is 0.791. The number of nitrogen functional groups attached to an aromatic ring is 1. The highest BCUT2D eigenvalue weighted by Crippen LogP contribution is 2.21. The van der Waals surface area contributed by atoms with Crippen LogP contribution < -0.4 is 5.73 Å². The van der Waals surface area contributed by atoms with E-state index in [2.05, 4.69) is 0 Å². The van der Waals surface area contributed by atoms with Crippen LogP contribution in [0.3, 0.4) is 0 Å². The van der Waals surface area contributed by atoms with Crippen LogP contribution in [0.4, 0.5) is 5.69 Å². The Morgan fingerprint density at radius 2 is 2.23 bits per heavy atom. The minimum Gasteiger partial charge on any atom is -0.398 e. The molecule has 0 aliphatic heterocycles. The molecule has 0 bridgehead atoms. The summed E-state index contributed by atoms with van der Waals surface area (Å²) in [4.78, 5) is 0.686. The zero-order valence-corrected chi connectivity index (χ0v) is 8.99. The molecule has 0 amide bonds. The number of nitrogens with two attached hydrogens (primary N) is 1. The van der Waals surface area contributed by atoms with Crippen LogP contribution in [0.1, 0.15) is 13.3 Å². The summed E-state index contributed by atoms with van der Waals surface area (Å²) in [6.45, 7) is 1.99. The summed E-state index contributed by atoms with van der Waals surface area (Å²) in [6, 6.07) is 5.06. The molecular formula is C9H12ClNOS. The van der Waals surface area contributed by atoms with Gasteiger partial charge in [0, 0.05) is 16.5 Å². The Balaban J connectivity index is 2.95. The molecule has 0 aromatic heterocycles. The van der Waals surface area contributed by atoms with E-state index < -0.39 is 10.8 Å². The molecule has 0 saturated carbocycles. The number of hydrogen-bond donors (Lipinski definition) is 1. The van der Waals surface area contributed by atoms with Gasteiger partial charge in [0.1, 0.15) is 0 Å². The largest absolute Gasteiger partial charge is 0.398 e. The van der Waals surface area contributed by atoms with E-state index in [9.17, 15) is 4.21 Å². The lowest BCUT2D eigenvalue weighted by Gasteiger charge is -2.04. The Morgan fingerprint density at radius 1 is 1.54 bits per heavy atom. The molecule has 72 valence electrons. The summed E-state index contributed by atoms with van der Waals surface area (Å²) in [6.07, 6.45) is 0.884. The highest BCUT2D eigenvalue weighted by atomic mass is 35.5. The Hall–Kier alpha value is -0.540. The maximum absolute atomic E-state index is 11.6. The number of anilines is 1. The Labute approximate surface area is 85.5 Å². The average molecular weight is 218 g/mol. The van der Waals surface area contributed by atoms with Crippen molar-refractivity contribution in [3.8, 4) is 0 Å². The number of benzene rings is 1. The van der Waals surface area contributed by atoms with Crippen molar-refractivity contribution < 1.29 is 4.21 Å². The van der Waals surface area contributed by atoms with Crippen LogP contribution in [-0.4, -0.2) is 9.96 Å². The molecule has 13 heavy (non-hydrogen) atoms. The third-order valence-electron chi connectivity index (χ3n) is 1.61. The van der Waals surface area contributed by atoms with Crippen molar-refractivity contribution in [2.75, 3.05) is 11.5 Å². The predicted molar refractivity (Wildman–Crippen MR) is 57.4 cm³/mol. The molecule has 0 radical (unpaired) electrons. The van der Waals surface area contributed by atoms with E-state index in [4.69, 9.17) is 17.3 Å². The summed E-state index contributed by atoms with van der Waals surface area (Å²) in [5.74, 6) is 0.645. The maximum Gasteiger partial charge on any atom is 0.0618 e. The molecule has 0 aliphatic carbocycles. The van der Waals surface area contributed by atoms with Crippen molar-refractivity contribution in [3.05, 3.63) is 23.2 Å². The van der Waals surface area contributed by atoms with Crippen molar-refractivity contribution in [1.29, 1.82) is 0 Å². The molecule has 1 unspecified atom stereocenters. The van der Waals surface area contributed by atoms with Gasteiger partial charge in [0.15, 0.2) is 0 Å². The second-order valence-corrected chi connectivity index (χ2v) is 4.71. The van der Waals surface area contributed by atoms with Crippen LogP contribution in [0.25, 0.3) is 0 Å². The fourth-order valence-electron chi connectivity index (χ4n) is 1.02. The van der Waals surface area contributed by atoms with Gasteiger partial charge in [-0.1, -0.05) is 18.5 Å². The summed E-state index contributed by atoms with van der Waals surface area (Å²) in [5, 5.41) is 0.578. The van der Waals surface area contributed by atoms with E-state index in [0.29, 0.717) is 21.4 Å². The van der Waals surface area contributed by atoms with E-state index in [0.717, 1.165) is 6.42 Å². The van der Waals surface area contributed by atoms with E-state index in [-0.39, 0.29) is 0 Å². The first-order valence-electron chi connectivity index (χ1n) is 4.08. The van der Waals surface area contributed by atoms with Crippen LogP contribution in [-0.2, 0) is 10.8 Å². The topological polar surface area (TPSA) is 43.1 Å². The zero-order chi connectivity index (χ0) is 9.84. The van der Waals surface area contributed by atoms with Gasteiger partial charge < -0.3 is 5.73 Å². The lowest BCUT2D eigenvalue weighted by atomic mass is 10.3. The Morgan fingerprint density at radius 3 is 2.77 bits per heavy atom. The van der Waals surface area contributed by atoms with Gasteiger partial charge in [-0.25, -0.2) is 0 Å². The second kappa shape index (κ2) is 4.63. The van der Waals surface area contributed by atoms with Crippen LogP contribution in [0.5, 0.6) is 0 Å². The third kappa shape index (κ3) is 2.71. The van der Waals surface area contributed by atoms with Crippen LogP contribution in [0.15, 0.2) is 23.1 Å². The summed E-state index contributed by atoms with van der Waals surface area (Å²) in [7, 11) is -0.987. The average Bonchev–Trinajstić information content (AvgIpc) is 2.04. The highest BCUT2D eigenvalue weighted by Gasteiger charge is 2.06. The summed E-state index contributed by atoms with van der Waals surface area (Å²) < 4.78 is 11.6. The van der Waals surface area contributed by atoms with Gasteiger partial charge in [0.05, 0.1) is 15.7 Å². The maximum atomic E-state index is 11.6. The van der Waals surface area contributed by atoms with Crippen LogP contribution in [0.2, 0.25) is 5.02 Å². The van der Waals surface area contributed by atoms with Gasteiger partial charge in [-0.05, 0) is 24.6 Å². The first-order valence-corrected chi connectivity index (χ1v) is 5.78. The SMILES string of the molecule is CCCS(=O)c1ccc(Cl)cc1N. The van der Waals surface area contributed by atoms with Crippen molar-refractivity contribution in [3.63, 3.8) is 0 Å². The van der Waals surface area contributed by atoms with E-state index in [1.54, 1.807) is 18.2 Å². The Kier molecular flexibility index (Phi) is 3.75. The molecule has 2 nitrogen and oxygen atoms in total. The first kappa shape index (κ1) is 10.5. The molecule has 1 atom stereocenters. The van der Waals surface area contributed by atoms with Gasteiger partial charge >= 0.3 is 0 Å². The fourth-order valence-corrected chi connectivity index (χ4v) is 2.33. The Bertz CT molecular complexity index is 327. The zero-order valence-electron chi connectivity index (χ0n) is 7.42. The number of hydrogen-bond acceptors (Lipinski definition) is 2. The number of halogens is 1. The number of rotatable bonds is 3. The molecule has 1 aromatic carbocycles. The monoisotopic (exact) mass is 217 g/mol.